The highest BCUT2D eigenvalue weighted by Crippen LogP contribution is 2.23. The van der Waals surface area contributed by atoms with Gasteiger partial charge in [-0.2, -0.15) is 0 Å². The van der Waals surface area contributed by atoms with Crippen LogP contribution in [0.4, 0.5) is 5.82 Å². The summed E-state index contributed by atoms with van der Waals surface area (Å²) in [5.74, 6) is 1.85. The Bertz CT molecular complexity index is 492. The summed E-state index contributed by atoms with van der Waals surface area (Å²) in [6, 6.07) is 0. The average Bonchev–Trinajstić information content (AvgIpc) is 2.76. The molecule has 0 saturated carbocycles. The third kappa shape index (κ3) is 3.11. The molecule has 1 aliphatic heterocycles. The van der Waals surface area contributed by atoms with E-state index in [4.69, 9.17) is 11.6 Å². The Balaban J connectivity index is 2.25. The van der Waals surface area contributed by atoms with Gasteiger partial charge in [0.25, 0.3) is 5.56 Å². The fourth-order valence-corrected chi connectivity index (χ4v) is 2.87. The Labute approximate surface area is 119 Å². The zero-order valence-corrected chi connectivity index (χ0v) is 12.7. The second kappa shape index (κ2) is 5.53. The van der Waals surface area contributed by atoms with Gasteiger partial charge in [-0.1, -0.05) is 0 Å². The minimum absolute atomic E-state index is 0.00141. The zero-order chi connectivity index (χ0) is 14.0. The first kappa shape index (κ1) is 14.4. The minimum Gasteiger partial charge on any atom is -0.352 e. The number of rotatable bonds is 3. The molecule has 1 fully saturated rings. The first-order valence-corrected chi connectivity index (χ1v) is 7.36. The molecular weight excluding hydrogens is 262 g/mol. The molecular formula is C14H22ClN3O. The highest BCUT2D eigenvalue weighted by molar-refractivity contribution is 6.17. The van der Waals surface area contributed by atoms with Crippen LogP contribution in [0.5, 0.6) is 0 Å². The molecule has 2 heterocycles. The van der Waals surface area contributed by atoms with E-state index in [0.717, 1.165) is 25.9 Å². The van der Waals surface area contributed by atoms with Crippen LogP contribution >= 0.6 is 11.6 Å². The van der Waals surface area contributed by atoms with E-state index in [1.54, 1.807) is 17.0 Å². The van der Waals surface area contributed by atoms with Gasteiger partial charge in [-0.25, -0.2) is 4.98 Å². The van der Waals surface area contributed by atoms with E-state index in [2.05, 4.69) is 9.88 Å². The van der Waals surface area contributed by atoms with Crippen LogP contribution in [0, 0.1) is 5.92 Å². The number of halogens is 1. The van der Waals surface area contributed by atoms with Gasteiger partial charge in [0.15, 0.2) is 5.82 Å². The van der Waals surface area contributed by atoms with Crippen LogP contribution in [-0.2, 0) is 5.54 Å². The Morgan fingerprint density at radius 3 is 2.84 bits per heavy atom. The summed E-state index contributed by atoms with van der Waals surface area (Å²) in [7, 11) is 0. The fraction of sp³-hybridized carbons (Fsp3) is 0.714. The van der Waals surface area contributed by atoms with Crippen molar-refractivity contribution in [3.05, 3.63) is 22.7 Å². The first-order chi connectivity index (χ1) is 8.93. The molecule has 0 aromatic carbocycles. The smallest absolute Gasteiger partial charge is 0.293 e. The maximum atomic E-state index is 12.5. The summed E-state index contributed by atoms with van der Waals surface area (Å²) >= 11 is 5.79. The number of hydrogen-bond acceptors (Lipinski definition) is 3. The second-order valence-corrected chi connectivity index (χ2v) is 6.55. The molecule has 5 heteroatoms. The summed E-state index contributed by atoms with van der Waals surface area (Å²) in [5.41, 5.74) is -0.217. The van der Waals surface area contributed by atoms with Crippen LogP contribution in [0.25, 0.3) is 0 Å². The molecule has 4 nitrogen and oxygen atoms in total. The minimum atomic E-state index is -0.218. The standard InChI is InChI=1S/C14H22ClN3O/c1-14(2,3)18-9-7-16-12(13(18)19)17-8-5-11(10-17)4-6-15/h7,9,11H,4-6,8,10H2,1-3H3. The van der Waals surface area contributed by atoms with Gasteiger partial charge in [0.2, 0.25) is 0 Å². The van der Waals surface area contributed by atoms with Crippen molar-refractivity contribution in [2.24, 2.45) is 5.92 Å². The molecule has 0 N–H and O–H groups in total. The van der Waals surface area contributed by atoms with Crippen molar-refractivity contribution in [3.8, 4) is 0 Å². The van der Waals surface area contributed by atoms with Crippen LogP contribution in [-0.4, -0.2) is 28.5 Å². The van der Waals surface area contributed by atoms with Crippen molar-refractivity contribution in [2.75, 3.05) is 23.9 Å². The third-order valence-electron chi connectivity index (χ3n) is 3.65. The van der Waals surface area contributed by atoms with E-state index in [-0.39, 0.29) is 11.1 Å². The molecule has 0 amide bonds. The molecule has 0 radical (unpaired) electrons. The molecule has 1 aliphatic rings. The maximum Gasteiger partial charge on any atom is 0.293 e. The van der Waals surface area contributed by atoms with E-state index >= 15 is 0 Å². The molecule has 106 valence electrons. The zero-order valence-electron chi connectivity index (χ0n) is 11.9. The van der Waals surface area contributed by atoms with E-state index in [1.165, 1.54) is 0 Å². The Morgan fingerprint density at radius 2 is 2.21 bits per heavy atom. The van der Waals surface area contributed by atoms with Gasteiger partial charge in [-0.05, 0) is 39.5 Å². The van der Waals surface area contributed by atoms with Crippen LogP contribution in [0.2, 0.25) is 0 Å². The van der Waals surface area contributed by atoms with Crippen LogP contribution in [0.15, 0.2) is 17.2 Å². The van der Waals surface area contributed by atoms with Crippen LogP contribution in [0.3, 0.4) is 0 Å². The van der Waals surface area contributed by atoms with Crippen LogP contribution < -0.4 is 10.5 Å². The number of hydrogen-bond donors (Lipinski definition) is 0. The lowest BCUT2D eigenvalue weighted by Crippen LogP contribution is -2.38. The lowest BCUT2D eigenvalue weighted by Gasteiger charge is -2.24. The van der Waals surface area contributed by atoms with Gasteiger partial charge >= 0.3 is 0 Å². The van der Waals surface area contributed by atoms with Crippen LogP contribution in [0.1, 0.15) is 33.6 Å². The largest absolute Gasteiger partial charge is 0.352 e. The second-order valence-electron chi connectivity index (χ2n) is 6.18. The topological polar surface area (TPSA) is 38.1 Å². The molecule has 0 bridgehead atoms. The van der Waals surface area contributed by atoms with Gasteiger partial charge in [-0.15, -0.1) is 11.6 Å². The monoisotopic (exact) mass is 283 g/mol. The molecule has 19 heavy (non-hydrogen) atoms. The summed E-state index contributed by atoms with van der Waals surface area (Å²) in [4.78, 5) is 18.9. The number of anilines is 1. The summed E-state index contributed by atoms with van der Waals surface area (Å²) in [6.07, 6.45) is 5.59. The molecule has 0 aliphatic carbocycles. The van der Waals surface area contributed by atoms with Gasteiger partial charge in [0.05, 0.1) is 0 Å². The molecule has 1 saturated heterocycles. The lowest BCUT2D eigenvalue weighted by molar-refractivity contribution is 0.382. The molecule has 0 spiro atoms. The van der Waals surface area contributed by atoms with Gasteiger partial charge in [0, 0.05) is 36.9 Å². The van der Waals surface area contributed by atoms with Crippen molar-refractivity contribution in [1.82, 2.24) is 9.55 Å². The number of aromatic nitrogens is 2. The average molecular weight is 284 g/mol. The normalized spacial score (nSPS) is 20.0. The summed E-state index contributed by atoms with van der Waals surface area (Å²) in [5, 5.41) is 0. The van der Waals surface area contributed by atoms with Crippen molar-refractivity contribution in [3.63, 3.8) is 0 Å². The van der Waals surface area contributed by atoms with E-state index in [9.17, 15) is 4.79 Å². The Kier molecular flexibility index (Phi) is 4.19. The molecule has 1 atom stereocenters. The van der Waals surface area contributed by atoms with Gasteiger partial charge in [0.1, 0.15) is 0 Å². The summed E-state index contributed by atoms with van der Waals surface area (Å²) < 4.78 is 1.75. The van der Waals surface area contributed by atoms with Gasteiger partial charge in [-0.3, -0.25) is 4.79 Å². The van der Waals surface area contributed by atoms with Crippen molar-refractivity contribution >= 4 is 17.4 Å². The SMILES string of the molecule is CC(C)(C)n1ccnc(N2CCC(CCCl)C2)c1=O. The quantitative estimate of drug-likeness (QED) is 0.800. The predicted molar refractivity (Wildman–Crippen MR) is 79.2 cm³/mol. The van der Waals surface area contributed by atoms with E-state index in [0.29, 0.717) is 17.6 Å². The van der Waals surface area contributed by atoms with Gasteiger partial charge < -0.3 is 9.47 Å². The molecule has 1 aromatic rings. The van der Waals surface area contributed by atoms with E-state index in [1.807, 2.05) is 20.8 Å². The van der Waals surface area contributed by atoms with E-state index < -0.39 is 0 Å². The maximum absolute atomic E-state index is 12.5. The first-order valence-electron chi connectivity index (χ1n) is 6.82. The van der Waals surface area contributed by atoms with Crippen molar-refractivity contribution < 1.29 is 0 Å². The van der Waals surface area contributed by atoms with Crippen molar-refractivity contribution in [2.45, 2.75) is 39.2 Å². The molecule has 1 aromatic heterocycles. The highest BCUT2D eigenvalue weighted by atomic mass is 35.5. The fourth-order valence-electron chi connectivity index (χ4n) is 2.56. The Morgan fingerprint density at radius 1 is 1.47 bits per heavy atom. The predicted octanol–water partition coefficient (Wildman–Crippen LogP) is 2.45. The Hall–Kier alpha value is -1.03. The van der Waals surface area contributed by atoms with Crippen molar-refractivity contribution in [1.29, 1.82) is 0 Å². The molecule has 2 rings (SSSR count). The summed E-state index contributed by atoms with van der Waals surface area (Å²) in [6.45, 7) is 7.87. The molecule has 1 unspecified atom stereocenters. The number of nitrogens with zero attached hydrogens (tertiary/aromatic N) is 3. The lowest BCUT2D eigenvalue weighted by atomic mass is 10.1. The third-order valence-corrected chi connectivity index (χ3v) is 3.87. The number of alkyl halides is 1. The highest BCUT2D eigenvalue weighted by Gasteiger charge is 2.26.